The van der Waals surface area contributed by atoms with Gasteiger partial charge in [0.25, 0.3) is 11.7 Å². The second kappa shape index (κ2) is 9.06. The zero-order valence-corrected chi connectivity index (χ0v) is 19.6. The van der Waals surface area contributed by atoms with E-state index in [9.17, 15) is 19.8 Å². The number of phenols is 1. The van der Waals surface area contributed by atoms with Crippen LogP contribution in [0.2, 0.25) is 0 Å². The number of hydrogen-bond acceptors (Lipinski definition) is 5. The molecule has 1 aliphatic heterocycles. The Labute approximate surface area is 198 Å². The quantitative estimate of drug-likeness (QED) is 0.322. The molecule has 1 fully saturated rings. The Hall–Kier alpha value is -4.06. The molecule has 3 aromatic rings. The monoisotopic (exact) mass is 457 g/mol. The van der Waals surface area contributed by atoms with Crippen molar-refractivity contribution in [2.45, 2.75) is 33.4 Å². The SMILES string of the molecule is COc1ccc(/C(O)=C2/C(=O)C(=O)N(Cc3cc(C)ccc3C)C2c2ccc(O)cc2)cc1C. The molecular formula is C28H27NO5. The van der Waals surface area contributed by atoms with E-state index in [-0.39, 0.29) is 23.6 Å². The van der Waals surface area contributed by atoms with Crippen LogP contribution < -0.4 is 4.74 Å². The number of rotatable bonds is 5. The maximum Gasteiger partial charge on any atom is 0.295 e. The van der Waals surface area contributed by atoms with E-state index in [1.165, 1.54) is 17.0 Å². The highest BCUT2D eigenvalue weighted by Gasteiger charge is 2.46. The highest BCUT2D eigenvalue weighted by molar-refractivity contribution is 6.46. The lowest BCUT2D eigenvalue weighted by atomic mass is 9.94. The topological polar surface area (TPSA) is 87.1 Å². The summed E-state index contributed by atoms with van der Waals surface area (Å²) in [6, 6.07) is 16.6. The molecule has 0 saturated carbocycles. The summed E-state index contributed by atoms with van der Waals surface area (Å²) in [6.45, 7) is 5.98. The molecule has 3 aromatic carbocycles. The van der Waals surface area contributed by atoms with Gasteiger partial charge < -0.3 is 19.8 Å². The molecule has 1 aliphatic rings. The number of ether oxygens (including phenoxy) is 1. The molecule has 2 N–H and O–H groups in total. The number of carbonyl (C=O) groups is 2. The minimum atomic E-state index is -0.803. The fraction of sp³-hybridized carbons (Fsp3) is 0.214. The van der Waals surface area contributed by atoms with E-state index in [1.807, 2.05) is 39.0 Å². The zero-order chi connectivity index (χ0) is 24.6. The van der Waals surface area contributed by atoms with Gasteiger partial charge in [-0.1, -0.05) is 35.9 Å². The van der Waals surface area contributed by atoms with Gasteiger partial charge in [-0.3, -0.25) is 9.59 Å². The van der Waals surface area contributed by atoms with Crippen LogP contribution in [0.5, 0.6) is 11.5 Å². The number of nitrogens with zero attached hydrogens (tertiary/aromatic N) is 1. The van der Waals surface area contributed by atoms with Crippen LogP contribution in [-0.4, -0.2) is 33.9 Å². The van der Waals surface area contributed by atoms with E-state index in [4.69, 9.17) is 4.74 Å². The maximum absolute atomic E-state index is 13.2. The molecule has 1 heterocycles. The molecule has 0 aromatic heterocycles. The van der Waals surface area contributed by atoms with Crippen molar-refractivity contribution in [3.05, 3.63) is 99.6 Å². The summed E-state index contributed by atoms with van der Waals surface area (Å²) in [6.07, 6.45) is 0. The number of likely N-dealkylation sites (tertiary alicyclic amines) is 1. The first-order chi connectivity index (χ1) is 16.2. The van der Waals surface area contributed by atoms with Crippen LogP contribution in [-0.2, 0) is 16.1 Å². The fourth-order valence-corrected chi connectivity index (χ4v) is 4.38. The van der Waals surface area contributed by atoms with Crippen LogP contribution >= 0.6 is 0 Å². The first-order valence-electron chi connectivity index (χ1n) is 11.0. The van der Waals surface area contributed by atoms with Gasteiger partial charge in [0.15, 0.2) is 0 Å². The highest BCUT2D eigenvalue weighted by Crippen LogP contribution is 2.41. The molecule has 0 bridgehead atoms. The fourth-order valence-electron chi connectivity index (χ4n) is 4.38. The normalized spacial score (nSPS) is 17.3. The van der Waals surface area contributed by atoms with Gasteiger partial charge in [-0.25, -0.2) is 0 Å². The number of ketones is 1. The van der Waals surface area contributed by atoms with Gasteiger partial charge in [0.2, 0.25) is 0 Å². The average Bonchev–Trinajstić information content (AvgIpc) is 3.06. The van der Waals surface area contributed by atoms with Crippen molar-refractivity contribution in [1.29, 1.82) is 0 Å². The van der Waals surface area contributed by atoms with E-state index < -0.39 is 17.7 Å². The van der Waals surface area contributed by atoms with E-state index in [2.05, 4.69) is 0 Å². The second-order valence-corrected chi connectivity index (χ2v) is 8.63. The molecule has 0 spiro atoms. The van der Waals surface area contributed by atoms with Gasteiger partial charge in [0.05, 0.1) is 18.7 Å². The van der Waals surface area contributed by atoms with Crippen molar-refractivity contribution in [2.75, 3.05) is 7.11 Å². The Morgan fingerprint density at radius 2 is 1.65 bits per heavy atom. The van der Waals surface area contributed by atoms with Crippen LogP contribution in [0.25, 0.3) is 5.76 Å². The number of methoxy groups -OCH3 is 1. The van der Waals surface area contributed by atoms with Crippen LogP contribution in [0.4, 0.5) is 0 Å². The lowest BCUT2D eigenvalue weighted by molar-refractivity contribution is -0.140. The number of aliphatic hydroxyl groups excluding tert-OH is 1. The van der Waals surface area contributed by atoms with Crippen molar-refractivity contribution in [3.8, 4) is 11.5 Å². The Bertz CT molecular complexity index is 1310. The summed E-state index contributed by atoms with van der Waals surface area (Å²) >= 11 is 0. The number of aryl methyl sites for hydroxylation is 3. The van der Waals surface area contributed by atoms with E-state index in [1.54, 1.807) is 37.4 Å². The van der Waals surface area contributed by atoms with E-state index >= 15 is 0 Å². The van der Waals surface area contributed by atoms with Gasteiger partial charge in [-0.05, 0) is 73.4 Å². The molecule has 4 rings (SSSR count). The number of amides is 1. The molecule has 6 nitrogen and oxygen atoms in total. The zero-order valence-electron chi connectivity index (χ0n) is 19.6. The van der Waals surface area contributed by atoms with Crippen LogP contribution in [0, 0.1) is 20.8 Å². The van der Waals surface area contributed by atoms with E-state index in [0.29, 0.717) is 16.9 Å². The summed E-state index contributed by atoms with van der Waals surface area (Å²) in [7, 11) is 1.56. The van der Waals surface area contributed by atoms with Crippen molar-refractivity contribution in [3.63, 3.8) is 0 Å². The van der Waals surface area contributed by atoms with Crippen LogP contribution in [0.3, 0.4) is 0 Å². The minimum absolute atomic E-state index is 0.0190. The largest absolute Gasteiger partial charge is 0.508 e. The van der Waals surface area contributed by atoms with Gasteiger partial charge in [-0.15, -0.1) is 0 Å². The number of benzene rings is 3. The number of aromatic hydroxyl groups is 1. The molecule has 1 unspecified atom stereocenters. The lowest BCUT2D eigenvalue weighted by Gasteiger charge is -2.26. The average molecular weight is 458 g/mol. The summed E-state index contributed by atoms with van der Waals surface area (Å²) in [5.74, 6) is -0.936. The van der Waals surface area contributed by atoms with Crippen LogP contribution in [0.15, 0.2) is 66.2 Å². The standard InChI is InChI=1S/C28H27NO5/c1-16-5-6-17(2)21(13-16)15-29-25(19-7-10-22(30)11-8-19)24(27(32)28(29)33)26(31)20-9-12-23(34-4)18(3)14-20/h5-14,25,30-31H,15H2,1-4H3/b26-24-. The minimum Gasteiger partial charge on any atom is -0.508 e. The van der Waals surface area contributed by atoms with Crippen molar-refractivity contribution >= 4 is 17.4 Å². The van der Waals surface area contributed by atoms with Gasteiger partial charge in [-0.2, -0.15) is 0 Å². The van der Waals surface area contributed by atoms with Gasteiger partial charge in [0.1, 0.15) is 17.3 Å². The number of carbonyl (C=O) groups excluding carboxylic acids is 2. The number of Topliss-reactive ketones (excluding diaryl/α,β-unsaturated/α-hetero) is 1. The summed E-state index contributed by atoms with van der Waals surface area (Å²) in [5, 5.41) is 21.0. The van der Waals surface area contributed by atoms with Crippen LogP contribution in [0.1, 0.15) is 39.4 Å². The molecule has 34 heavy (non-hydrogen) atoms. The predicted molar refractivity (Wildman–Crippen MR) is 130 cm³/mol. The number of hydrogen-bond donors (Lipinski definition) is 2. The van der Waals surface area contributed by atoms with Gasteiger partial charge >= 0.3 is 0 Å². The molecule has 1 amide bonds. The third-order valence-electron chi connectivity index (χ3n) is 6.26. The molecule has 0 aliphatic carbocycles. The summed E-state index contributed by atoms with van der Waals surface area (Å²) in [4.78, 5) is 28.0. The van der Waals surface area contributed by atoms with Gasteiger partial charge in [0, 0.05) is 12.1 Å². The lowest BCUT2D eigenvalue weighted by Crippen LogP contribution is -2.29. The Kier molecular flexibility index (Phi) is 6.16. The summed E-state index contributed by atoms with van der Waals surface area (Å²) < 4.78 is 5.30. The Morgan fingerprint density at radius 1 is 0.941 bits per heavy atom. The maximum atomic E-state index is 13.2. The summed E-state index contributed by atoms with van der Waals surface area (Å²) in [5.41, 5.74) is 4.82. The molecule has 1 atom stereocenters. The highest BCUT2D eigenvalue weighted by atomic mass is 16.5. The third kappa shape index (κ3) is 4.15. The van der Waals surface area contributed by atoms with E-state index in [0.717, 1.165) is 22.3 Å². The first-order valence-corrected chi connectivity index (χ1v) is 11.0. The molecular weight excluding hydrogens is 430 g/mol. The number of aliphatic hydroxyl groups is 1. The predicted octanol–water partition coefficient (Wildman–Crippen LogP) is 4.95. The Morgan fingerprint density at radius 3 is 2.29 bits per heavy atom. The van der Waals surface area contributed by atoms with Crippen molar-refractivity contribution in [1.82, 2.24) is 4.90 Å². The number of phenolic OH excluding ortho intramolecular Hbond substituents is 1. The van der Waals surface area contributed by atoms with Crippen molar-refractivity contribution in [2.24, 2.45) is 0 Å². The Balaban J connectivity index is 1.88. The first kappa shape index (κ1) is 23.1. The molecule has 0 radical (unpaired) electrons. The molecule has 1 saturated heterocycles. The smallest absolute Gasteiger partial charge is 0.295 e. The van der Waals surface area contributed by atoms with Crippen molar-refractivity contribution < 1.29 is 24.5 Å². The molecule has 6 heteroatoms. The molecule has 174 valence electrons. The second-order valence-electron chi connectivity index (χ2n) is 8.63. The third-order valence-corrected chi connectivity index (χ3v) is 6.26.